The van der Waals surface area contributed by atoms with Gasteiger partial charge in [-0.15, -0.1) is 0 Å². The molecule has 1 N–H and O–H groups in total. The number of ether oxygens (including phenoxy) is 1. The number of nitrogens with one attached hydrogen (secondary N) is 1. The summed E-state index contributed by atoms with van der Waals surface area (Å²) in [6.07, 6.45) is 0. The summed E-state index contributed by atoms with van der Waals surface area (Å²) in [6, 6.07) is 8.40. The van der Waals surface area contributed by atoms with Crippen molar-refractivity contribution >= 4 is 0 Å². The Hall–Kier alpha value is -1.10. The highest BCUT2D eigenvalue weighted by atomic mass is 16.5. The fourth-order valence-corrected chi connectivity index (χ4v) is 2.34. The van der Waals surface area contributed by atoms with Crippen LogP contribution < -0.4 is 10.1 Å². The summed E-state index contributed by atoms with van der Waals surface area (Å²) in [5.41, 5.74) is 1.30. The average molecular weight is 277 g/mol. The molecule has 0 aliphatic carbocycles. The number of hydrogen-bond acceptors (Lipinski definition) is 4. The van der Waals surface area contributed by atoms with E-state index in [-0.39, 0.29) is 0 Å². The van der Waals surface area contributed by atoms with E-state index < -0.39 is 0 Å². The minimum Gasteiger partial charge on any atom is -0.492 e. The maximum absolute atomic E-state index is 5.82. The predicted octanol–water partition coefficient (Wildman–Crippen LogP) is 1.42. The van der Waals surface area contributed by atoms with Crippen LogP contribution in [0.15, 0.2) is 24.3 Å². The van der Waals surface area contributed by atoms with E-state index in [0.29, 0.717) is 0 Å². The first-order valence-corrected chi connectivity index (χ1v) is 7.61. The van der Waals surface area contributed by atoms with E-state index in [0.717, 1.165) is 45.1 Å². The molecule has 1 aromatic rings. The molecule has 1 aliphatic rings. The Morgan fingerprint density at radius 1 is 1.10 bits per heavy atom. The van der Waals surface area contributed by atoms with Crippen molar-refractivity contribution in [3.8, 4) is 5.75 Å². The molecule has 0 unspecified atom stereocenters. The summed E-state index contributed by atoms with van der Waals surface area (Å²) < 4.78 is 5.82. The Morgan fingerprint density at radius 3 is 2.45 bits per heavy atom. The van der Waals surface area contributed by atoms with Gasteiger partial charge in [0.15, 0.2) is 0 Å². The molecule has 112 valence electrons. The van der Waals surface area contributed by atoms with Crippen LogP contribution in [0.2, 0.25) is 0 Å². The number of rotatable bonds is 7. The van der Waals surface area contributed by atoms with Crippen LogP contribution >= 0.6 is 0 Å². The van der Waals surface area contributed by atoms with Gasteiger partial charge >= 0.3 is 0 Å². The zero-order chi connectivity index (χ0) is 14.2. The quantitative estimate of drug-likeness (QED) is 0.816. The smallest absolute Gasteiger partial charge is 0.119 e. The van der Waals surface area contributed by atoms with Crippen LogP contribution in [0.4, 0.5) is 0 Å². The lowest BCUT2D eigenvalue weighted by molar-refractivity contribution is 0.133. The molecular weight excluding hydrogens is 250 g/mol. The Labute approximate surface area is 122 Å². The van der Waals surface area contributed by atoms with Crippen molar-refractivity contribution in [3.63, 3.8) is 0 Å². The molecule has 0 atom stereocenters. The fraction of sp³-hybridized carbons (Fsp3) is 0.625. The highest BCUT2D eigenvalue weighted by Crippen LogP contribution is 2.12. The molecular formula is C16H27N3O. The number of benzene rings is 1. The SMILES string of the molecule is CCNCc1ccc(OCCN2CCN(C)CC2)cc1. The van der Waals surface area contributed by atoms with Gasteiger partial charge < -0.3 is 15.0 Å². The van der Waals surface area contributed by atoms with Gasteiger partial charge in [-0.2, -0.15) is 0 Å². The predicted molar refractivity (Wildman–Crippen MR) is 83.3 cm³/mol. The Balaban J connectivity index is 1.66. The third-order valence-corrected chi connectivity index (χ3v) is 3.77. The minimum atomic E-state index is 0.774. The Morgan fingerprint density at radius 2 is 1.80 bits per heavy atom. The second kappa shape index (κ2) is 8.25. The molecule has 0 radical (unpaired) electrons. The van der Waals surface area contributed by atoms with Gasteiger partial charge in [0.05, 0.1) is 0 Å². The third kappa shape index (κ3) is 5.12. The highest BCUT2D eigenvalue weighted by Gasteiger charge is 2.12. The lowest BCUT2D eigenvalue weighted by Crippen LogP contribution is -2.45. The van der Waals surface area contributed by atoms with E-state index in [4.69, 9.17) is 4.74 Å². The van der Waals surface area contributed by atoms with E-state index in [9.17, 15) is 0 Å². The van der Waals surface area contributed by atoms with Gasteiger partial charge in [0.2, 0.25) is 0 Å². The maximum Gasteiger partial charge on any atom is 0.119 e. The molecule has 0 saturated carbocycles. The molecule has 1 saturated heterocycles. The second-order valence-corrected chi connectivity index (χ2v) is 5.42. The van der Waals surface area contributed by atoms with Gasteiger partial charge in [0.25, 0.3) is 0 Å². The maximum atomic E-state index is 5.82. The zero-order valence-electron chi connectivity index (χ0n) is 12.8. The second-order valence-electron chi connectivity index (χ2n) is 5.42. The molecule has 0 aromatic heterocycles. The van der Waals surface area contributed by atoms with E-state index in [1.54, 1.807) is 0 Å². The standard InChI is InChI=1S/C16H27N3O/c1-3-17-14-15-4-6-16(7-5-15)20-13-12-19-10-8-18(2)9-11-19/h4-7,17H,3,8-14H2,1-2H3. The largest absolute Gasteiger partial charge is 0.492 e. The summed E-state index contributed by atoms with van der Waals surface area (Å²) in [5.74, 6) is 0.972. The summed E-state index contributed by atoms with van der Waals surface area (Å²) in [7, 11) is 2.18. The topological polar surface area (TPSA) is 27.7 Å². The van der Waals surface area contributed by atoms with E-state index >= 15 is 0 Å². The van der Waals surface area contributed by atoms with Gasteiger partial charge in [-0.3, -0.25) is 4.90 Å². The van der Waals surface area contributed by atoms with Crippen molar-refractivity contribution in [1.82, 2.24) is 15.1 Å². The first-order valence-electron chi connectivity index (χ1n) is 7.61. The number of nitrogens with zero attached hydrogens (tertiary/aromatic N) is 2. The molecule has 0 bridgehead atoms. The van der Waals surface area contributed by atoms with Gasteiger partial charge in [-0.05, 0) is 31.3 Å². The van der Waals surface area contributed by atoms with Crippen LogP contribution in [-0.2, 0) is 6.54 Å². The lowest BCUT2D eigenvalue weighted by Gasteiger charge is -2.32. The summed E-state index contributed by atoms with van der Waals surface area (Å²) >= 11 is 0. The minimum absolute atomic E-state index is 0.774. The molecule has 4 heteroatoms. The molecule has 2 rings (SSSR count). The molecule has 1 aliphatic heterocycles. The zero-order valence-corrected chi connectivity index (χ0v) is 12.8. The molecule has 4 nitrogen and oxygen atoms in total. The molecule has 0 amide bonds. The van der Waals surface area contributed by atoms with Crippen LogP contribution in [0.25, 0.3) is 0 Å². The van der Waals surface area contributed by atoms with Crippen LogP contribution in [-0.4, -0.2) is 62.7 Å². The summed E-state index contributed by atoms with van der Waals surface area (Å²) in [4.78, 5) is 4.85. The van der Waals surface area contributed by atoms with E-state index in [2.05, 4.69) is 53.4 Å². The van der Waals surface area contributed by atoms with Gasteiger partial charge in [0, 0.05) is 39.3 Å². The van der Waals surface area contributed by atoms with Crippen molar-refractivity contribution in [2.75, 3.05) is 52.9 Å². The van der Waals surface area contributed by atoms with Crippen LogP contribution in [0.5, 0.6) is 5.75 Å². The first-order chi connectivity index (χ1) is 9.78. The van der Waals surface area contributed by atoms with Crippen molar-refractivity contribution in [2.45, 2.75) is 13.5 Å². The van der Waals surface area contributed by atoms with Crippen molar-refractivity contribution in [3.05, 3.63) is 29.8 Å². The number of likely N-dealkylation sites (N-methyl/N-ethyl adjacent to an activating group) is 1. The third-order valence-electron chi connectivity index (χ3n) is 3.77. The lowest BCUT2D eigenvalue weighted by atomic mass is 10.2. The molecule has 1 aromatic carbocycles. The number of hydrogen-bond donors (Lipinski definition) is 1. The summed E-state index contributed by atoms with van der Waals surface area (Å²) in [5, 5.41) is 3.32. The van der Waals surface area contributed by atoms with Gasteiger partial charge in [0.1, 0.15) is 12.4 Å². The molecule has 1 heterocycles. The van der Waals surface area contributed by atoms with Crippen LogP contribution in [0, 0.1) is 0 Å². The van der Waals surface area contributed by atoms with Crippen molar-refractivity contribution in [2.24, 2.45) is 0 Å². The van der Waals surface area contributed by atoms with Crippen LogP contribution in [0.3, 0.4) is 0 Å². The van der Waals surface area contributed by atoms with Crippen LogP contribution in [0.1, 0.15) is 12.5 Å². The van der Waals surface area contributed by atoms with Crippen molar-refractivity contribution < 1.29 is 4.74 Å². The molecule has 20 heavy (non-hydrogen) atoms. The van der Waals surface area contributed by atoms with Crippen molar-refractivity contribution in [1.29, 1.82) is 0 Å². The summed E-state index contributed by atoms with van der Waals surface area (Å²) in [6.45, 7) is 10.5. The average Bonchev–Trinajstić information content (AvgIpc) is 2.48. The monoisotopic (exact) mass is 277 g/mol. The van der Waals surface area contributed by atoms with Gasteiger partial charge in [-0.25, -0.2) is 0 Å². The first kappa shape index (κ1) is 15.3. The van der Waals surface area contributed by atoms with E-state index in [1.807, 2.05) is 0 Å². The molecule has 0 spiro atoms. The Bertz CT molecular complexity index is 372. The fourth-order valence-electron chi connectivity index (χ4n) is 2.34. The van der Waals surface area contributed by atoms with Gasteiger partial charge in [-0.1, -0.05) is 19.1 Å². The van der Waals surface area contributed by atoms with E-state index in [1.165, 1.54) is 18.7 Å². The molecule has 1 fully saturated rings. The number of piperazine rings is 1. The highest BCUT2D eigenvalue weighted by molar-refractivity contribution is 5.27. The normalized spacial score (nSPS) is 17.3. The Kier molecular flexibility index (Phi) is 6.30.